The van der Waals surface area contributed by atoms with Crippen molar-refractivity contribution in [3.63, 3.8) is 0 Å². The van der Waals surface area contributed by atoms with Crippen molar-refractivity contribution < 1.29 is 49.5 Å². The molecule has 0 spiro atoms. The molecule has 0 fully saturated rings. The number of aliphatic imine (C=N–C) groups is 1. The summed E-state index contributed by atoms with van der Waals surface area (Å²) in [7, 11) is -2.30. The summed E-state index contributed by atoms with van der Waals surface area (Å²) in [6.07, 6.45) is -8.98. The number of carbonyl (C=O) groups excluding carboxylic acids is 1. The van der Waals surface area contributed by atoms with Crippen molar-refractivity contribution in [2.24, 2.45) is 4.99 Å². The molecule has 2 aromatic rings. The zero-order valence-corrected chi connectivity index (χ0v) is 23.6. The number of carboxylic acids is 1. The van der Waals surface area contributed by atoms with Crippen LogP contribution >= 0.6 is 11.6 Å². The second-order valence-electron chi connectivity index (χ2n) is 8.87. The van der Waals surface area contributed by atoms with Gasteiger partial charge in [0.25, 0.3) is 0 Å². The number of amides is 1. The van der Waals surface area contributed by atoms with Gasteiger partial charge in [0.2, 0.25) is 5.91 Å². The zero-order valence-electron chi connectivity index (χ0n) is 22.0. The molecule has 0 unspecified atom stereocenters. The standard InChI is InChI=1S/C23H26ClF3N4O3S.C2HF3O2/c1-31(13-9-16-2-4-17(5-3-16)22-29-11-12-30-22)21(32)8-10-28-15-35(33,34)20-7-6-18(14-19(20)24)23(25,26)27;3-2(4,5)1(6)7/h2-7,14,28H,8-13,15H2,1H3,(H,29,30);(H,6,7). The van der Waals surface area contributed by atoms with E-state index in [2.05, 4.69) is 15.6 Å². The molecule has 42 heavy (non-hydrogen) atoms. The van der Waals surface area contributed by atoms with Gasteiger partial charge < -0.3 is 20.6 Å². The fourth-order valence-corrected chi connectivity index (χ4v) is 5.18. The highest BCUT2D eigenvalue weighted by Gasteiger charge is 2.38. The van der Waals surface area contributed by atoms with Gasteiger partial charge in [0, 0.05) is 38.7 Å². The van der Waals surface area contributed by atoms with Crippen LogP contribution in [0.2, 0.25) is 5.02 Å². The maximum atomic E-state index is 12.7. The Bertz CT molecular complexity index is 1380. The SMILES string of the molecule is CN(CCc1ccc(C2=NCCN2)cc1)C(=O)CCNCS(=O)(=O)c1ccc(C(F)(F)F)cc1Cl.O=C(O)C(F)(F)F. The Morgan fingerprint density at radius 1 is 1.10 bits per heavy atom. The first-order valence-corrected chi connectivity index (χ1v) is 14.2. The number of halogens is 7. The largest absolute Gasteiger partial charge is 0.490 e. The van der Waals surface area contributed by atoms with E-state index in [1.165, 1.54) is 0 Å². The van der Waals surface area contributed by atoms with Gasteiger partial charge in [-0.15, -0.1) is 0 Å². The van der Waals surface area contributed by atoms with E-state index in [0.717, 1.165) is 36.1 Å². The fraction of sp³-hybridized carbons (Fsp3) is 0.400. The van der Waals surface area contributed by atoms with Gasteiger partial charge in [0.1, 0.15) is 11.7 Å². The second-order valence-corrected chi connectivity index (χ2v) is 11.2. The molecule has 0 radical (unpaired) electrons. The lowest BCUT2D eigenvalue weighted by Crippen LogP contribution is -2.33. The number of likely N-dealkylation sites (N-methyl/N-ethyl adjacent to an activating group) is 1. The summed E-state index contributed by atoms with van der Waals surface area (Å²) in [4.78, 5) is 26.8. The van der Waals surface area contributed by atoms with Crippen molar-refractivity contribution in [3.8, 4) is 0 Å². The maximum Gasteiger partial charge on any atom is 0.490 e. The summed E-state index contributed by atoms with van der Waals surface area (Å²) in [5.41, 5.74) is 1.07. The molecule has 1 aliphatic heterocycles. The highest BCUT2D eigenvalue weighted by atomic mass is 35.5. The van der Waals surface area contributed by atoms with E-state index in [4.69, 9.17) is 21.5 Å². The number of carboxylic acid groups (broad SMARTS) is 1. The molecule has 3 rings (SSSR count). The first-order chi connectivity index (χ1) is 19.4. The predicted molar refractivity (Wildman–Crippen MR) is 142 cm³/mol. The fourth-order valence-electron chi connectivity index (χ4n) is 3.44. The first-order valence-electron chi connectivity index (χ1n) is 12.1. The van der Waals surface area contributed by atoms with Crippen LogP contribution in [0.5, 0.6) is 0 Å². The maximum absolute atomic E-state index is 12.7. The van der Waals surface area contributed by atoms with E-state index in [0.29, 0.717) is 25.1 Å². The van der Waals surface area contributed by atoms with Crippen LogP contribution in [-0.4, -0.2) is 81.4 Å². The molecule has 0 atom stereocenters. The number of aliphatic carboxylic acids is 1. The van der Waals surface area contributed by atoms with E-state index in [1.54, 1.807) is 11.9 Å². The van der Waals surface area contributed by atoms with E-state index in [9.17, 15) is 39.6 Å². The number of carbonyl (C=O) groups is 2. The molecule has 1 heterocycles. The first kappa shape index (κ1) is 34.8. The van der Waals surface area contributed by atoms with Crippen LogP contribution in [0.15, 0.2) is 52.4 Å². The predicted octanol–water partition coefficient (Wildman–Crippen LogP) is 3.75. The number of alkyl halides is 6. The second kappa shape index (κ2) is 14.7. The molecule has 2 aromatic carbocycles. The lowest BCUT2D eigenvalue weighted by molar-refractivity contribution is -0.192. The summed E-state index contributed by atoms with van der Waals surface area (Å²) in [5.74, 6) is -2.59. The molecular weight excluding hydrogens is 618 g/mol. The minimum atomic E-state index is -5.08. The van der Waals surface area contributed by atoms with Crippen molar-refractivity contribution in [2.45, 2.75) is 30.1 Å². The third kappa shape index (κ3) is 10.8. The average molecular weight is 645 g/mol. The summed E-state index contributed by atoms with van der Waals surface area (Å²) in [6.45, 7) is 2.20. The summed E-state index contributed by atoms with van der Waals surface area (Å²) >= 11 is 5.77. The number of rotatable bonds is 10. The molecule has 0 bridgehead atoms. The normalized spacial score (nSPS) is 13.5. The molecule has 1 aliphatic rings. The number of hydrogen-bond acceptors (Lipinski definition) is 7. The molecule has 0 saturated carbocycles. The topological polar surface area (TPSA) is 128 Å². The molecule has 0 aliphatic carbocycles. The molecule has 3 N–H and O–H groups in total. The number of sulfone groups is 1. The van der Waals surface area contributed by atoms with Crippen LogP contribution in [0.1, 0.15) is 23.1 Å². The van der Waals surface area contributed by atoms with Gasteiger partial charge in [-0.1, -0.05) is 35.9 Å². The number of nitrogens with zero attached hydrogens (tertiary/aromatic N) is 2. The number of amidine groups is 1. The van der Waals surface area contributed by atoms with Crippen LogP contribution in [-0.2, 0) is 32.0 Å². The monoisotopic (exact) mass is 644 g/mol. The number of benzene rings is 2. The van der Waals surface area contributed by atoms with Crippen LogP contribution in [0.25, 0.3) is 0 Å². The third-order valence-electron chi connectivity index (χ3n) is 5.71. The van der Waals surface area contributed by atoms with Gasteiger partial charge in [-0.2, -0.15) is 26.3 Å². The van der Waals surface area contributed by atoms with Gasteiger partial charge in [-0.05, 0) is 30.2 Å². The minimum absolute atomic E-state index is 0.0667. The van der Waals surface area contributed by atoms with Crippen LogP contribution in [0, 0.1) is 0 Å². The van der Waals surface area contributed by atoms with Crippen molar-refractivity contribution in [1.29, 1.82) is 0 Å². The molecule has 0 saturated heterocycles. The van der Waals surface area contributed by atoms with Crippen molar-refractivity contribution >= 4 is 39.2 Å². The Hall–Kier alpha value is -3.37. The van der Waals surface area contributed by atoms with Crippen LogP contribution in [0.3, 0.4) is 0 Å². The molecule has 0 aromatic heterocycles. The summed E-state index contributed by atoms with van der Waals surface area (Å²) in [6, 6.07) is 10.1. The lowest BCUT2D eigenvalue weighted by Gasteiger charge is -2.17. The third-order valence-corrected chi connectivity index (χ3v) is 7.74. The van der Waals surface area contributed by atoms with E-state index in [1.807, 2.05) is 24.3 Å². The minimum Gasteiger partial charge on any atom is -0.475 e. The van der Waals surface area contributed by atoms with Crippen LogP contribution < -0.4 is 10.6 Å². The van der Waals surface area contributed by atoms with E-state index < -0.39 is 49.5 Å². The quantitative estimate of drug-likeness (QED) is 0.266. The molecule has 9 nitrogen and oxygen atoms in total. The van der Waals surface area contributed by atoms with E-state index >= 15 is 0 Å². The van der Waals surface area contributed by atoms with Gasteiger partial charge in [-0.3, -0.25) is 9.79 Å². The van der Waals surface area contributed by atoms with Crippen molar-refractivity contribution in [3.05, 3.63) is 64.2 Å². The Morgan fingerprint density at radius 3 is 2.21 bits per heavy atom. The van der Waals surface area contributed by atoms with E-state index in [-0.39, 0.29) is 18.9 Å². The Labute approximate surface area is 242 Å². The Balaban J connectivity index is 0.000000782. The Morgan fingerprint density at radius 2 is 1.71 bits per heavy atom. The highest BCUT2D eigenvalue weighted by Crippen LogP contribution is 2.33. The number of hydrogen-bond donors (Lipinski definition) is 3. The molecule has 232 valence electrons. The highest BCUT2D eigenvalue weighted by molar-refractivity contribution is 7.91. The van der Waals surface area contributed by atoms with Gasteiger partial charge in [0.05, 0.1) is 22.0 Å². The van der Waals surface area contributed by atoms with Gasteiger partial charge in [-0.25, -0.2) is 13.2 Å². The average Bonchev–Trinajstić information content (AvgIpc) is 3.44. The molecule has 17 heteroatoms. The summed E-state index contributed by atoms with van der Waals surface area (Å²) < 4.78 is 94.8. The Kier molecular flexibility index (Phi) is 12.2. The zero-order chi connectivity index (χ0) is 31.7. The smallest absolute Gasteiger partial charge is 0.475 e. The van der Waals surface area contributed by atoms with Gasteiger partial charge in [0.15, 0.2) is 9.84 Å². The molecular formula is C25H27ClF6N4O5S. The number of nitrogens with one attached hydrogen (secondary N) is 2. The van der Waals surface area contributed by atoms with Crippen LogP contribution in [0.4, 0.5) is 26.3 Å². The lowest BCUT2D eigenvalue weighted by atomic mass is 10.1. The van der Waals surface area contributed by atoms with Gasteiger partial charge >= 0.3 is 18.3 Å². The summed E-state index contributed by atoms with van der Waals surface area (Å²) in [5, 5.41) is 12.5. The van der Waals surface area contributed by atoms with Crippen molar-refractivity contribution in [1.82, 2.24) is 15.5 Å². The van der Waals surface area contributed by atoms with Crippen molar-refractivity contribution in [2.75, 3.05) is 39.1 Å². The molecule has 1 amide bonds.